The molecule has 0 spiro atoms. The summed E-state index contributed by atoms with van der Waals surface area (Å²) in [6.07, 6.45) is 4.62. The van der Waals surface area contributed by atoms with Crippen molar-refractivity contribution in [3.8, 4) is 0 Å². The Labute approximate surface area is 145 Å². The molecule has 0 aliphatic rings. The Morgan fingerprint density at radius 3 is 2.26 bits per heavy atom. The first-order valence-corrected chi connectivity index (χ1v) is 9.90. The molecule has 3 rings (SSSR count). The van der Waals surface area contributed by atoms with Crippen molar-refractivity contribution in [1.29, 1.82) is 0 Å². The first-order valence-electron chi connectivity index (χ1n) is 7.45. The van der Waals surface area contributed by atoms with Gasteiger partial charge in [-0.15, -0.1) is 23.5 Å². The summed E-state index contributed by atoms with van der Waals surface area (Å²) in [4.78, 5) is 15.1. The standard InChI is InChI=1S/C20H18OS2/c1-22-18-12-11-15(13-17(21)14-7-4-3-5-8-14)20-16(18)9-6-10-19(20)23-2/h3-12H,13H2,1-2H3. The molecule has 0 aromatic heterocycles. The molecule has 0 saturated carbocycles. The minimum Gasteiger partial charge on any atom is -0.294 e. The Balaban J connectivity index is 2.09. The van der Waals surface area contributed by atoms with Gasteiger partial charge in [-0.2, -0.15) is 0 Å². The fraction of sp³-hybridized carbons (Fsp3) is 0.150. The molecular weight excluding hydrogens is 320 g/mol. The third kappa shape index (κ3) is 3.31. The normalized spacial score (nSPS) is 10.9. The average molecular weight is 338 g/mol. The monoisotopic (exact) mass is 338 g/mol. The maximum atomic E-state index is 12.6. The van der Waals surface area contributed by atoms with E-state index in [1.165, 1.54) is 20.6 Å². The molecule has 0 radical (unpaired) electrons. The number of hydrogen-bond donors (Lipinski definition) is 0. The average Bonchev–Trinajstić information content (AvgIpc) is 2.62. The van der Waals surface area contributed by atoms with Crippen LogP contribution in [0.25, 0.3) is 10.8 Å². The van der Waals surface area contributed by atoms with Crippen LogP contribution in [0.2, 0.25) is 0 Å². The first-order chi connectivity index (χ1) is 11.2. The third-order valence-electron chi connectivity index (χ3n) is 3.94. The van der Waals surface area contributed by atoms with Gasteiger partial charge in [0.15, 0.2) is 5.78 Å². The van der Waals surface area contributed by atoms with Gasteiger partial charge in [0.1, 0.15) is 0 Å². The van der Waals surface area contributed by atoms with Crippen LogP contribution < -0.4 is 0 Å². The van der Waals surface area contributed by atoms with Crippen LogP contribution in [0.1, 0.15) is 15.9 Å². The Bertz CT molecular complexity index is 841. The number of carbonyl (C=O) groups excluding carboxylic acids is 1. The maximum Gasteiger partial charge on any atom is 0.167 e. The van der Waals surface area contributed by atoms with Crippen LogP contribution in [0.15, 0.2) is 70.5 Å². The Morgan fingerprint density at radius 1 is 0.826 bits per heavy atom. The molecule has 3 aromatic carbocycles. The van der Waals surface area contributed by atoms with E-state index in [2.05, 4.69) is 42.8 Å². The lowest BCUT2D eigenvalue weighted by molar-refractivity contribution is 0.0993. The van der Waals surface area contributed by atoms with E-state index < -0.39 is 0 Å². The fourth-order valence-electron chi connectivity index (χ4n) is 2.81. The van der Waals surface area contributed by atoms with Crippen molar-refractivity contribution in [2.75, 3.05) is 12.5 Å². The molecular formula is C20H18OS2. The van der Waals surface area contributed by atoms with E-state index in [1.54, 1.807) is 23.5 Å². The molecule has 0 aliphatic heterocycles. The van der Waals surface area contributed by atoms with Crippen molar-refractivity contribution in [3.05, 3.63) is 71.8 Å². The molecule has 0 fully saturated rings. The highest BCUT2D eigenvalue weighted by atomic mass is 32.2. The summed E-state index contributed by atoms with van der Waals surface area (Å²) < 4.78 is 0. The van der Waals surface area contributed by atoms with Gasteiger partial charge in [0.05, 0.1) is 0 Å². The summed E-state index contributed by atoms with van der Waals surface area (Å²) in [5.41, 5.74) is 1.88. The number of ketones is 1. The summed E-state index contributed by atoms with van der Waals surface area (Å²) in [5.74, 6) is 0.166. The van der Waals surface area contributed by atoms with E-state index in [9.17, 15) is 4.79 Å². The molecule has 0 heterocycles. The molecule has 116 valence electrons. The minimum atomic E-state index is 0.166. The predicted octanol–water partition coefficient (Wildman–Crippen LogP) is 5.71. The smallest absolute Gasteiger partial charge is 0.167 e. The number of rotatable bonds is 5. The molecule has 3 aromatic rings. The summed E-state index contributed by atoms with van der Waals surface area (Å²) in [7, 11) is 0. The van der Waals surface area contributed by atoms with E-state index >= 15 is 0 Å². The Kier molecular flexibility index (Phi) is 5.09. The predicted molar refractivity (Wildman–Crippen MR) is 102 cm³/mol. The number of benzene rings is 3. The van der Waals surface area contributed by atoms with Crippen molar-refractivity contribution >= 4 is 40.1 Å². The zero-order valence-corrected chi connectivity index (χ0v) is 14.8. The second kappa shape index (κ2) is 7.24. The van der Waals surface area contributed by atoms with Gasteiger partial charge in [-0.1, -0.05) is 48.5 Å². The van der Waals surface area contributed by atoms with Crippen LogP contribution in [-0.4, -0.2) is 18.3 Å². The molecule has 3 heteroatoms. The van der Waals surface area contributed by atoms with Gasteiger partial charge in [-0.25, -0.2) is 0 Å². The van der Waals surface area contributed by atoms with E-state index in [0.717, 1.165) is 11.1 Å². The largest absolute Gasteiger partial charge is 0.294 e. The van der Waals surface area contributed by atoms with Crippen LogP contribution in [0, 0.1) is 0 Å². The number of hydrogen-bond acceptors (Lipinski definition) is 3. The molecule has 0 aliphatic carbocycles. The van der Waals surface area contributed by atoms with Crippen LogP contribution in [0.5, 0.6) is 0 Å². The van der Waals surface area contributed by atoms with Crippen LogP contribution in [0.3, 0.4) is 0 Å². The van der Waals surface area contributed by atoms with Crippen molar-refractivity contribution in [2.45, 2.75) is 16.2 Å². The highest BCUT2D eigenvalue weighted by Crippen LogP contribution is 2.35. The molecule has 0 N–H and O–H groups in total. The van der Waals surface area contributed by atoms with Crippen molar-refractivity contribution in [3.63, 3.8) is 0 Å². The highest BCUT2D eigenvalue weighted by Gasteiger charge is 2.13. The van der Waals surface area contributed by atoms with E-state index in [4.69, 9.17) is 0 Å². The number of carbonyl (C=O) groups is 1. The molecule has 0 saturated heterocycles. The molecule has 23 heavy (non-hydrogen) atoms. The van der Waals surface area contributed by atoms with Gasteiger partial charge < -0.3 is 0 Å². The van der Waals surface area contributed by atoms with E-state index in [1.807, 2.05) is 30.3 Å². The van der Waals surface area contributed by atoms with Crippen molar-refractivity contribution in [2.24, 2.45) is 0 Å². The van der Waals surface area contributed by atoms with E-state index in [0.29, 0.717) is 6.42 Å². The van der Waals surface area contributed by atoms with Crippen LogP contribution in [-0.2, 0) is 6.42 Å². The number of Topliss-reactive ketones (excluding diaryl/α,β-unsaturated/α-hetero) is 1. The Hall–Kier alpha value is -1.71. The number of fused-ring (bicyclic) bond motifs is 1. The maximum absolute atomic E-state index is 12.6. The number of thioether (sulfide) groups is 2. The zero-order chi connectivity index (χ0) is 16.2. The SMILES string of the molecule is CSc1ccc(CC(=O)c2ccccc2)c2c(SC)cccc12. The molecule has 0 unspecified atom stereocenters. The topological polar surface area (TPSA) is 17.1 Å². The summed E-state index contributed by atoms with van der Waals surface area (Å²) in [5, 5.41) is 2.46. The van der Waals surface area contributed by atoms with Gasteiger partial charge in [0, 0.05) is 27.2 Å². The van der Waals surface area contributed by atoms with Crippen molar-refractivity contribution < 1.29 is 4.79 Å². The van der Waals surface area contributed by atoms with Gasteiger partial charge in [-0.05, 0) is 35.6 Å². The second-order valence-corrected chi connectivity index (χ2v) is 6.97. The summed E-state index contributed by atoms with van der Waals surface area (Å²) in [6.45, 7) is 0. The third-order valence-corrected chi connectivity index (χ3v) is 5.51. The summed E-state index contributed by atoms with van der Waals surface area (Å²) in [6, 6.07) is 20.1. The molecule has 0 bridgehead atoms. The second-order valence-electron chi connectivity index (χ2n) is 5.28. The highest BCUT2D eigenvalue weighted by molar-refractivity contribution is 7.99. The first kappa shape index (κ1) is 16.2. The quantitative estimate of drug-likeness (QED) is 0.438. The van der Waals surface area contributed by atoms with Gasteiger partial charge in [0.25, 0.3) is 0 Å². The lowest BCUT2D eigenvalue weighted by Gasteiger charge is -2.13. The molecule has 0 amide bonds. The summed E-state index contributed by atoms with van der Waals surface area (Å²) >= 11 is 3.48. The fourth-order valence-corrected chi connectivity index (χ4v) is 4.07. The van der Waals surface area contributed by atoms with Gasteiger partial charge in [0.2, 0.25) is 0 Å². The lowest BCUT2D eigenvalue weighted by atomic mass is 9.97. The zero-order valence-electron chi connectivity index (χ0n) is 13.2. The van der Waals surface area contributed by atoms with Crippen LogP contribution >= 0.6 is 23.5 Å². The van der Waals surface area contributed by atoms with Crippen LogP contribution in [0.4, 0.5) is 0 Å². The van der Waals surface area contributed by atoms with Gasteiger partial charge >= 0.3 is 0 Å². The lowest BCUT2D eigenvalue weighted by Crippen LogP contribution is -2.04. The van der Waals surface area contributed by atoms with E-state index in [-0.39, 0.29) is 5.78 Å². The van der Waals surface area contributed by atoms with Gasteiger partial charge in [-0.3, -0.25) is 4.79 Å². The molecule has 0 atom stereocenters. The molecule has 1 nitrogen and oxygen atoms in total. The Morgan fingerprint density at radius 2 is 1.57 bits per heavy atom. The van der Waals surface area contributed by atoms with Crippen molar-refractivity contribution in [1.82, 2.24) is 0 Å². The minimum absolute atomic E-state index is 0.166.